The van der Waals surface area contributed by atoms with Crippen LogP contribution in [0.1, 0.15) is 24.4 Å². The second-order valence-corrected chi connectivity index (χ2v) is 4.70. The molecule has 1 unspecified atom stereocenters. The minimum absolute atomic E-state index is 0.00866. The summed E-state index contributed by atoms with van der Waals surface area (Å²) in [6.45, 7) is 1.99. The van der Waals surface area contributed by atoms with Gasteiger partial charge in [0.1, 0.15) is 12.2 Å². The van der Waals surface area contributed by atoms with Gasteiger partial charge in [0.15, 0.2) is 0 Å². The number of rotatable bonds is 5. The van der Waals surface area contributed by atoms with Gasteiger partial charge in [-0.15, -0.1) is 0 Å². The van der Waals surface area contributed by atoms with Gasteiger partial charge in [0, 0.05) is 19.2 Å². The van der Waals surface area contributed by atoms with Crippen molar-refractivity contribution in [2.75, 3.05) is 0 Å². The molecule has 22 heavy (non-hydrogen) atoms. The minimum Gasteiger partial charge on any atom is -0.332 e. The van der Waals surface area contributed by atoms with E-state index in [1.54, 1.807) is 30.8 Å². The molecule has 0 fully saturated rings. The number of hydrogen-bond acceptors (Lipinski definition) is 5. The smallest absolute Gasteiger partial charge is 0.315 e. The summed E-state index contributed by atoms with van der Waals surface area (Å²) in [7, 11) is 1.73. The van der Waals surface area contributed by atoms with Crippen molar-refractivity contribution in [2.24, 2.45) is 7.05 Å². The zero-order valence-electron chi connectivity index (χ0n) is 12.2. The van der Waals surface area contributed by atoms with Crippen molar-refractivity contribution >= 4 is 11.7 Å². The van der Waals surface area contributed by atoms with Crippen LogP contribution in [0.25, 0.3) is 0 Å². The average molecular weight is 304 g/mol. The van der Waals surface area contributed by atoms with E-state index < -0.39 is 4.92 Å². The van der Waals surface area contributed by atoms with E-state index in [1.807, 2.05) is 0 Å². The molecular weight excluding hydrogens is 288 g/mol. The Morgan fingerprint density at radius 3 is 2.91 bits per heavy atom. The second-order valence-electron chi connectivity index (χ2n) is 4.70. The number of urea groups is 1. The molecule has 0 spiro atoms. The number of carbonyl (C=O) groups excluding carboxylic acids is 1. The number of amides is 2. The molecule has 0 aliphatic rings. The maximum absolute atomic E-state index is 11.8. The molecule has 1 atom stereocenters. The fourth-order valence-corrected chi connectivity index (χ4v) is 1.88. The first kappa shape index (κ1) is 15.4. The minimum atomic E-state index is -0.468. The number of aryl methyl sites for hydroxylation is 1. The van der Waals surface area contributed by atoms with Gasteiger partial charge >= 0.3 is 6.03 Å². The summed E-state index contributed by atoms with van der Waals surface area (Å²) in [6.07, 6.45) is 1.40. The SMILES string of the molecule is CC(NC(=O)NCc1ncnn1C)c1cccc([N+](=O)[O-])c1. The van der Waals surface area contributed by atoms with Crippen LogP contribution in [0.4, 0.5) is 10.5 Å². The van der Waals surface area contributed by atoms with Crippen LogP contribution in [-0.4, -0.2) is 25.7 Å². The monoisotopic (exact) mass is 304 g/mol. The molecule has 0 saturated heterocycles. The highest BCUT2D eigenvalue weighted by molar-refractivity contribution is 5.74. The standard InChI is InChI=1S/C13H16N6O3/c1-9(10-4-3-5-11(6-10)19(21)22)17-13(20)14-7-12-15-8-16-18(12)2/h3-6,8-9H,7H2,1-2H3,(H2,14,17,20). The molecule has 0 aliphatic carbocycles. The Morgan fingerprint density at radius 2 is 2.27 bits per heavy atom. The van der Waals surface area contributed by atoms with E-state index in [0.717, 1.165) is 0 Å². The number of aromatic nitrogens is 3. The summed E-state index contributed by atoms with van der Waals surface area (Å²) < 4.78 is 1.56. The van der Waals surface area contributed by atoms with Crippen LogP contribution in [0.15, 0.2) is 30.6 Å². The van der Waals surface area contributed by atoms with Crippen molar-refractivity contribution in [3.63, 3.8) is 0 Å². The van der Waals surface area contributed by atoms with E-state index >= 15 is 0 Å². The summed E-state index contributed by atoms with van der Waals surface area (Å²) in [5.41, 5.74) is 0.647. The van der Waals surface area contributed by atoms with Gasteiger partial charge in [0.2, 0.25) is 0 Å². The Morgan fingerprint density at radius 1 is 1.50 bits per heavy atom. The summed E-state index contributed by atoms with van der Waals surface area (Å²) in [5.74, 6) is 0.623. The Balaban J connectivity index is 1.92. The van der Waals surface area contributed by atoms with Gasteiger partial charge in [0.25, 0.3) is 5.69 Å². The van der Waals surface area contributed by atoms with Crippen molar-refractivity contribution < 1.29 is 9.72 Å². The summed E-state index contributed by atoms with van der Waals surface area (Å²) in [5, 5.41) is 20.0. The first-order chi connectivity index (χ1) is 10.5. The quantitative estimate of drug-likeness (QED) is 0.638. The molecule has 2 rings (SSSR count). The molecular formula is C13H16N6O3. The lowest BCUT2D eigenvalue weighted by Crippen LogP contribution is -2.37. The molecule has 9 heteroatoms. The van der Waals surface area contributed by atoms with E-state index in [4.69, 9.17) is 0 Å². The van der Waals surface area contributed by atoms with Crippen molar-refractivity contribution in [3.05, 3.63) is 52.1 Å². The van der Waals surface area contributed by atoms with Crippen LogP contribution in [0.3, 0.4) is 0 Å². The lowest BCUT2D eigenvalue weighted by molar-refractivity contribution is -0.384. The van der Waals surface area contributed by atoms with E-state index in [1.165, 1.54) is 18.5 Å². The lowest BCUT2D eigenvalue weighted by Gasteiger charge is -2.14. The highest BCUT2D eigenvalue weighted by Gasteiger charge is 2.13. The lowest BCUT2D eigenvalue weighted by atomic mass is 10.1. The first-order valence-corrected chi connectivity index (χ1v) is 6.59. The molecule has 9 nitrogen and oxygen atoms in total. The van der Waals surface area contributed by atoms with Crippen LogP contribution in [0.5, 0.6) is 0 Å². The number of carbonyl (C=O) groups is 1. The summed E-state index contributed by atoms with van der Waals surface area (Å²) in [4.78, 5) is 26.1. The fraction of sp³-hybridized carbons (Fsp3) is 0.308. The highest BCUT2D eigenvalue weighted by Crippen LogP contribution is 2.18. The summed E-state index contributed by atoms with van der Waals surface area (Å²) in [6, 6.07) is 5.41. The van der Waals surface area contributed by atoms with Crippen LogP contribution in [-0.2, 0) is 13.6 Å². The van der Waals surface area contributed by atoms with Gasteiger partial charge in [-0.3, -0.25) is 14.8 Å². The molecule has 2 amide bonds. The van der Waals surface area contributed by atoms with Crippen LogP contribution in [0, 0.1) is 10.1 Å². The average Bonchev–Trinajstić information content (AvgIpc) is 2.90. The largest absolute Gasteiger partial charge is 0.332 e. The van der Waals surface area contributed by atoms with Crippen molar-refractivity contribution in [1.29, 1.82) is 0 Å². The molecule has 2 aromatic rings. The number of non-ortho nitro benzene ring substituents is 1. The van der Waals surface area contributed by atoms with Gasteiger partial charge in [-0.2, -0.15) is 5.10 Å². The third-order valence-electron chi connectivity index (χ3n) is 3.14. The third-order valence-corrected chi connectivity index (χ3v) is 3.14. The van der Waals surface area contributed by atoms with E-state index in [9.17, 15) is 14.9 Å². The van der Waals surface area contributed by atoms with Crippen molar-refractivity contribution in [2.45, 2.75) is 19.5 Å². The Bertz CT molecular complexity index is 684. The molecule has 1 heterocycles. The van der Waals surface area contributed by atoms with Gasteiger partial charge < -0.3 is 10.6 Å². The first-order valence-electron chi connectivity index (χ1n) is 6.59. The zero-order valence-corrected chi connectivity index (χ0v) is 12.2. The molecule has 0 radical (unpaired) electrons. The van der Waals surface area contributed by atoms with Gasteiger partial charge in [-0.05, 0) is 12.5 Å². The van der Waals surface area contributed by atoms with Crippen molar-refractivity contribution in [3.8, 4) is 0 Å². The number of nitro benzene ring substituents is 1. The van der Waals surface area contributed by atoms with Crippen LogP contribution >= 0.6 is 0 Å². The molecule has 0 aliphatic heterocycles. The molecule has 0 bridgehead atoms. The van der Waals surface area contributed by atoms with E-state index in [0.29, 0.717) is 11.4 Å². The maximum Gasteiger partial charge on any atom is 0.315 e. The maximum atomic E-state index is 11.8. The molecule has 2 N–H and O–H groups in total. The zero-order chi connectivity index (χ0) is 16.1. The molecule has 0 saturated carbocycles. The van der Waals surface area contributed by atoms with Gasteiger partial charge in [-0.1, -0.05) is 12.1 Å². The van der Waals surface area contributed by atoms with E-state index in [2.05, 4.69) is 20.7 Å². The number of hydrogen-bond donors (Lipinski definition) is 2. The van der Waals surface area contributed by atoms with Crippen LogP contribution in [0.2, 0.25) is 0 Å². The third kappa shape index (κ3) is 3.78. The van der Waals surface area contributed by atoms with Gasteiger partial charge in [0.05, 0.1) is 17.5 Å². The number of nitrogens with zero attached hydrogens (tertiary/aromatic N) is 4. The van der Waals surface area contributed by atoms with E-state index in [-0.39, 0.29) is 24.3 Å². The highest BCUT2D eigenvalue weighted by atomic mass is 16.6. The number of benzene rings is 1. The predicted molar refractivity (Wildman–Crippen MR) is 77.9 cm³/mol. The Hall–Kier alpha value is -2.97. The molecule has 1 aromatic carbocycles. The fourth-order valence-electron chi connectivity index (χ4n) is 1.88. The second kappa shape index (κ2) is 6.66. The number of nitrogens with one attached hydrogen (secondary N) is 2. The Kier molecular flexibility index (Phi) is 4.66. The normalized spacial score (nSPS) is 11.7. The number of nitro groups is 1. The van der Waals surface area contributed by atoms with Crippen LogP contribution < -0.4 is 10.6 Å². The summed E-state index contributed by atoms with van der Waals surface area (Å²) >= 11 is 0. The molecule has 1 aromatic heterocycles. The molecule has 116 valence electrons. The topological polar surface area (TPSA) is 115 Å². The van der Waals surface area contributed by atoms with Gasteiger partial charge in [-0.25, -0.2) is 9.78 Å². The predicted octanol–water partition coefficient (Wildman–Crippen LogP) is 1.28. The van der Waals surface area contributed by atoms with Crippen molar-refractivity contribution in [1.82, 2.24) is 25.4 Å². The Labute approximate surface area is 126 Å².